The normalized spacial score (nSPS) is 12.6. The van der Waals surface area contributed by atoms with Gasteiger partial charge in [-0.2, -0.15) is 13.2 Å². The van der Waals surface area contributed by atoms with Crippen LogP contribution < -0.4 is 9.62 Å². The minimum absolute atomic E-state index is 0.110. The molecule has 1 atom stereocenters. The lowest BCUT2D eigenvalue weighted by Gasteiger charge is -2.32. The number of amides is 2. The number of halogens is 4. The highest BCUT2D eigenvalue weighted by Crippen LogP contribution is 2.33. The molecule has 1 N–H and O–H groups in total. The number of alkyl halides is 3. The third-order valence-electron chi connectivity index (χ3n) is 6.47. The number of sulfonamides is 1. The van der Waals surface area contributed by atoms with Crippen LogP contribution in [0.5, 0.6) is 0 Å². The van der Waals surface area contributed by atoms with Gasteiger partial charge in [0.2, 0.25) is 11.8 Å². The summed E-state index contributed by atoms with van der Waals surface area (Å²) in [6, 6.07) is 13.4. The van der Waals surface area contributed by atoms with Crippen LogP contribution in [0.3, 0.4) is 0 Å². The van der Waals surface area contributed by atoms with Crippen LogP contribution in [0.2, 0.25) is 0 Å². The topological polar surface area (TPSA) is 86.8 Å². The van der Waals surface area contributed by atoms with E-state index in [2.05, 4.69) is 5.32 Å². The molecule has 0 fully saturated rings. The Morgan fingerprint density at radius 2 is 1.55 bits per heavy atom. The molecule has 7 nitrogen and oxygen atoms in total. The molecule has 0 aliphatic rings. The Labute approximate surface area is 243 Å². The smallest absolute Gasteiger partial charge is 0.354 e. The number of hydrogen-bond acceptors (Lipinski definition) is 4. The lowest BCUT2D eigenvalue weighted by Crippen LogP contribution is -2.51. The van der Waals surface area contributed by atoms with E-state index in [1.165, 1.54) is 55.5 Å². The third-order valence-corrected chi connectivity index (χ3v) is 8.26. The SMILES string of the molecule is Cc1ccc(S(=O)(=O)N(CC(=O)N(Cc2ccc(F)cc2)[C@H](C)C(=O)NCC(C)C)c2cccc(C(F)(F)F)c2)cc1. The van der Waals surface area contributed by atoms with Crippen LogP contribution in [0, 0.1) is 18.7 Å². The number of nitrogens with one attached hydrogen (secondary N) is 1. The summed E-state index contributed by atoms with van der Waals surface area (Å²) >= 11 is 0. The second kappa shape index (κ2) is 13.4. The molecule has 0 saturated heterocycles. The summed E-state index contributed by atoms with van der Waals surface area (Å²) in [5.41, 5.74) is -0.263. The summed E-state index contributed by atoms with van der Waals surface area (Å²) < 4.78 is 82.4. The molecule has 3 aromatic rings. The van der Waals surface area contributed by atoms with E-state index in [1.807, 2.05) is 13.8 Å². The first-order valence-electron chi connectivity index (χ1n) is 13.2. The Hall–Kier alpha value is -3.93. The third kappa shape index (κ3) is 8.31. The van der Waals surface area contributed by atoms with Crippen LogP contribution in [-0.4, -0.2) is 44.3 Å². The summed E-state index contributed by atoms with van der Waals surface area (Å²) in [7, 11) is -4.54. The molecule has 0 aromatic heterocycles. The highest BCUT2D eigenvalue weighted by molar-refractivity contribution is 7.92. The molecule has 2 amide bonds. The van der Waals surface area contributed by atoms with E-state index in [1.54, 1.807) is 6.92 Å². The van der Waals surface area contributed by atoms with Crippen LogP contribution in [0.1, 0.15) is 37.5 Å². The molecule has 0 aliphatic heterocycles. The van der Waals surface area contributed by atoms with Crippen molar-refractivity contribution in [3.63, 3.8) is 0 Å². The molecule has 0 bridgehead atoms. The second-order valence-electron chi connectivity index (χ2n) is 10.3. The maximum atomic E-state index is 13.8. The van der Waals surface area contributed by atoms with E-state index in [-0.39, 0.29) is 23.0 Å². The van der Waals surface area contributed by atoms with Gasteiger partial charge in [0, 0.05) is 13.1 Å². The molecular formula is C30H33F4N3O4S. The van der Waals surface area contributed by atoms with E-state index in [9.17, 15) is 35.6 Å². The molecule has 3 rings (SSSR count). The van der Waals surface area contributed by atoms with Gasteiger partial charge in [-0.3, -0.25) is 13.9 Å². The van der Waals surface area contributed by atoms with Crippen LogP contribution in [0.4, 0.5) is 23.2 Å². The minimum atomic E-state index is -4.77. The Balaban J connectivity index is 2.07. The fraction of sp³-hybridized carbons (Fsp3) is 0.333. The number of rotatable bonds is 11. The zero-order valence-electron chi connectivity index (χ0n) is 23.7. The summed E-state index contributed by atoms with van der Waals surface area (Å²) in [5, 5.41) is 2.73. The summed E-state index contributed by atoms with van der Waals surface area (Å²) in [6.07, 6.45) is -4.77. The number of nitrogens with zero attached hydrogens (tertiary/aromatic N) is 2. The second-order valence-corrected chi connectivity index (χ2v) is 12.2. The molecule has 226 valence electrons. The number of hydrogen-bond donors (Lipinski definition) is 1. The monoisotopic (exact) mass is 607 g/mol. The fourth-order valence-corrected chi connectivity index (χ4v) is 5.43. The van der Waals surface area contributed by atoms with Crippen molar-refractivity contribution in [1.82, 2.24) is 10.2 Å². The molecular weight excluding hydrogens is 574 g/mol. The summed E-state index contributed by atoms with van der Waals surface area (Å²) in [5.74, 6) is -1.76. The van der Waals surface area contributed by atoms with E-state index in [0.29, 0.717) is 22.5 Å². The number of anilines is 1. The molecule has 0 heterocycles. The summed E-state index contributed by atoms with van der Waals surface area (Å²) in [4.78, 5) is 27.7. The van der Waals surface area contributed by atoms with Crippen LogP contribution >= 0.6 is 0 Å². The molecule has 0 unspecified atom stereocenters. The summed E-state index contributed by atoms with van der Waals surface area (Å²) in [6.45, 7) is 6.20. The van der Waals surface area contributed by atoms with Crippen LogP contribution in [-0.2, 0) is 32.3 Å². The Bertz CT molecular complexity index is 1490. The largest absolute Gasteiger partial charge is 0.416 e. The van der Waals surface area contributed by atoms with Gasteiger partial charge in [0.1, 0.15) is 18.4 Å². The van der Waals surface area contributed by atoms with Crippen molar-refractivity contribution >= 4 is 27.5 Å². The van der Waals surface area contributed by atoms with Gasteiger partial charge in [-0.1, -0.05) is 49.7 Å². The lowest BCUT2D eigenvalue weighted by molar-refractivity contribution is -0.139. The van der Waals surface area contributed by atoms with Crippen molar-refractivity contribution in [2.45, 2.75) is 51.4 Å². The first-order chi connectivity index (χ1) is 19.6. The van der Waals surface area contributed by atoms with Gasteiger partial charge in [0.05, 0.1) is 16.1 Å². The van der Waals surface area contributed by atoms with Crippen molar-refractivity contribution < 1.29 is 35.6 Å². The van der Waals surface area contributed by atoms with Gasteiger partial charge >= 0.3 is 6.18 Å². The predicted molar refractivity (Wildman–Crippen MR) is 151 cm³/mol. The lowest BCUT2D eigenvalue weighted by atomic mass is 10.1. The standard InChI is InChI=1S/C30H33F4N3O4S/c1-20(2)17-35-29(39)22(4)36(18-23-10-12-25(31)13-11-23)28(38)19-37(26-7-5-6-24(16-26)30(32,33)34)42(40,41)27-14-8-21(3)9-15-27/h5-16,20,22H,17-19H2,1-4H3,(H,35,39)/t22-/m1/s1. The quantitative estimate of drug-likeness (QED) is 0.290. The van der Waals surface area contributed by atoms with Crippen LogP contribution in [0.25, 0.3) is 0 Å². The van der Waals surface area contributed by atoms with E-state index < -0.39 is 52.0 Å². The maximum Gasteiger partial charge on any atom is 0.416 e. The zero-order valence-corrected chi connectivity index (χ0v) is 24.5. The van der Waals surface area contributed by atoms with E-state index in [0.717, 1.165) is 28.7 Å². The van der Waals surface area contributed by atoms with Gasteiger partial charge in [-0.25, -0.2) is 12.8 Å². The van der Waals surface area contributed by atoms with Crippen molar-refractivity contribution in [3.8, 4) is 0 Å². The van der Waals surface area contributed by atoms with Crippen molar-refractivity contribution in [1.29, 1.82) is 0 Å². The van der Waals surface area contributed by atoms with Gasteiger partial charge in [-0.15, -0.1) is 0 Å². The Morgan fingerprint density at radius 1 is 0.929 bits per heavy atom. The highest BCUT2D eigenvalue weighted by atomic mass is 32.2. The van der Waals surface area contributed by atoms with E-state index >= 15 is 0 Å². The first-order valence-corrected chi connectivity index (χ1v) is 14.6. The molecule has 0 saturated carbocycles. The maximum absolute atomic E-state index is 13.8. The van der Waals surface area contributed by atoms with Gasteiger partial charge in [0.25, 0.3) is 10.0 Å². The first kappa shape index (κ1) is 32.6. The number of benzene rings is 3. The fourth-order valence-electron chi connectivity index (χ4n) is 4.03. The zero-order chi connectivity index (χ0) is 31.2. The molecule has 0 radical (unpaired) electrons. The van der Waals surface area contributed by atoms with Gasteiger partial charge in [-0.05, 0) is 67.8 Å². The van der Waals surface area contributed by atoms with Crippen molar-refractivity contribution in [2.24, 2.45) is 5.92 Å². The van der Waals surface area contributed by atoms with Gasteiger partial charge < -0.3 is 10.2 Å². The average molecular weight is 608 g/mol. The molecule has 3 aromatic carbocycles. The van der Waals surface area contributed by atoms with Crippen molar-refractivity contribution in [3.05, 3.63) is 95.3 Å². The molecule has 0 aliphatic carbocycles. The average Bonchev–Trinajstić information content (AvgIpc) is 2.93. The van der Waals surface area contributed by atoms with Gasteiger partial charge in [0.15, 0.2) is 0 Å². The highest BCUT2D eigenvalue weighted by Gasteiger charge is 2.35. The molecule has 0 spiro atoms. The minimum Gasteiger partial charge on any atom is -0.354 e. The van der Waals surface area contributed by atoms with E-state index in [4.69, 9.17) is 0 Å². The Kier molecular flexibility index (Phi) is 10.4. The van der Waals surface area contributed by atoms with Crippen LogP contribution in [0.15, 0.2) is 77.7 Å². The molecule has 12 heteroatoms. The Morgan fingerprint density at radius 3 is 2.12 bits per heavy atom. The number of carbonyl (C=O) groups is 2. The number of carbonyl (C=O) groups excluding carboxylic acids is 2. The predicted octanol–water partition coefficient (Wildman–Crippen LogP) is 5.54. The number of aryl methyl sites for hydroxylation is 1. The van der Waals surface area contributed by atoms with Crippen molar-refractivity contribution in [2.75, 3.05) is 17.4 Å². The molecule has 42 heavy (non-hydrogen) atoms.